The van der Waals surface area contributed by atoms with Crippen LogP contribution in [0.5, 0.6) is 0 Å². The highest BCUT2D eigenvalue weighted by Gasteiger charge is 2.27. The fraction of sp³-hybridized carbons (Fsp3) is 0.467. The fourth-order valence-corrected chi connectivity index (χ4v) is 2.63. The molecule has 1 heterocycles. The Bertz CT molecular complexity index is 530. The Balaban J connectivity index is 2.10. The van der Waals surface area contributed by atoms with E-state index in [1.165, 1.54) is 12.1 Å². The molecule has 0 spiro atoms. The second-order valence-corrected chi connectivity index (χ2v) is 5.34. The summed E-state index contributed by atoms with van der Waals surface area (Å²) in [6.45, 7) is 2.71. The van der Waals surface area contributed by atoms with Gasteiger partial charge in [-0.15, -0.1) is 0 Å². The summed E-state index contributed by atoms with van der Waals surface area (Å²) in [7, 11) is 0. The van der Waals surface area contributed by atoms with Crippen LogP contribution in [0, 0.1) is 18.7 Å². The number of aryl methyl sites for hydroxylation is 1. The molecule has 1 aromatic carbocycles. The Kier molecular flexibility index (Phi) is 4.37. The maximum absolute atomic E-state index is 13.8. The summed E-state index contributed by atoms with van der Waals surface area (Å²) < 4.78 is 13.8. The molecule has 1 saturated heterocycles. The first-order chi connectivity index (χ1) is 9.47. The topological polar surface area (TPSA) is 57.6 Å². The molecule has 1 fully saturated rings. The molecule has 5 heteroatoms. The quantitative estimate of drug-likeness (QED) is 0.924. The number of aliphatic carboxylic acids is 1. The van der Waals surface area contributed by atoms with Crippen LogP contribution in [0.2, 0.25) is 0 Å². The van der Waals surface area contributed by atoms with Crippen LogP contribution in [0.25, 0.3) is 0 Å². The first kappa shape index (κ1) is 14.5. The van der Waals surface area contributed by atoms with Gasteiger partial charge >= 0.3 is 5.97 Å². The van der Waals surface area contributed by atoms with E-state index in [4.69, 9.17) is 5.11 Å². The number of halogens is 1. The SMILES string of the molecule is Cc1ccc(C(=O)N2CCCC(CC(=O)O)C2)c(F)c1. The number of hydrogen-bond acceptors (Lipinski definition) is 2. The number of carbonyl (C=O) groups is 2. The zero-order chi connectivity index (χ0) is 14.7. The van der Waals surface area contributed by atoms with E-state index < -0.39 is 11.8 Å². The molecule has 1 aliphatic heterocycles. The first-order valence-corrected chi connectivity index (χ1v) is 6.74. The van der Waals surface area contributed by atoms with Crippen molar-refractivity contribution in [3.05, 3.63) is 35.1 Å². The van der Waals surface area contributed by atoms with Gasteiger partial charge in [-0.25, -0.2) is 4.39 Å². The Labute approximate surface area is 117 Å². The predicted molar refractivity (Wildman–Crippen MR) is 72.0 cm³/mol. The van der Waals surface area contributed by atoms with Crippen LogP contribution in [0.15, 0.2) is 18.2 Å². The smallest absolute Gasteiger partial charge is 0.303 e. The number of rotatable bonds is 3. The summed E-state index contributed by atoms with van der Waals surface area (Å²) in [5.41, 5.74) is 0.827. The summed E-state index contributed by atoms with van der Waals surface area (Å²) in [4.78, 5) is 24.6. The molecule has 0 aliphatic carbocycles. The van der Waals surface area contributed by atoms with Gasteiger partial charge in [0.05, 0.1) is 5.56 Å². The van der Waals surface area contributed by atoms with E-state index in [1.54, 1.807) is 17.9 Å². The average molecular weight is 279 g/mol. The normalized spacial score (nSPS) is 18.9. The summed E-state index contributed by atoms with van der Waals surface area (Å²) >= 11 is 0. The molecule has 1 amide bonds. The lowest BCUT2D eigenvalue weighted by molar-refractivity contribution is -0.138. The minimum atomic E-state index is -0.856. The van der Waals surface area contributed by atoms with Crippen molar-refractivity contribution in [2.45, 2.75) is 26.2 Å². The van der Waals surface area contributed by atoms with Crippen LogP contribution in [0.3, 0.4) is 0 Å². The molecule has 20 heavy (non-hydrogen) atoms. The number of hydrogen-bond donors (Lipinski definition) is 1. The third-order valence-electron chi connectivity index (χ3n) is 3.62. The molecule has 1 aliphatic rings. The van der Waals surface area contributed by atoms with E-state index in [0.717, 1.165) is 18.4 Å². The molecule has 2 rings (SSSR count). The molecule has 1 N–H and O–H groups in total. The van der Waals surface area contributed by atoms with Crippen LogP contribution >= 0.6 is 0 Å². The lowest BCUT2D eigenvalue weighted by Crippen LogP contribution is -2.40. The van der Waals surface area contributed by atoms with Crippen LogP contribution in [-0.2, 0) is 4.79 Å². The molecule has 1 atom stereocenters. The van der Waals surface area contributed by atoms with Gasteiger partial charge in [0.1, 0.15) is 5.82 Å². The van der Waals surface area contributed by atoms with Gasteiger partial charge in [0.25, 0.3) is 5.91 Å². The van der Waals surface area contributed by atoms with E-state index in [9.17, 15) is 14.0 Å². The molecule has 1 unspecified atom stereocenters. The molecule has 0 bridgehead atoms. The molecule has 0 aromatic heterocycles. The third-order valence-corrected chi connectivity index (χ3v) is 3.62. The number of carboxylic acid groups (broad SMARTS) is 1. The molecule has 0 radical (unpaired) electrons. The molecular formula is C15H18FNO3. The van der Waals surface area contributed by atoms with Crippen LogP contribution in [-0.4, -0.2) is 35.0 Å². The lowest BCUT2D eigenvalue weighted by Gasteiger charge is -2.32. The zero-order valence-corrected chi connectivity index (χ0v) is 11.4. The van der Waals surface area contributed by atoms with Crippen molar-refractivity contribution < 1.29 is 19.1 Å². The lowest BCUT2D eigenvalue weighted by atomic mass is 9.94. The van der Waals surface area contributed by atoms with Crippen molar-refractivity contribution in [2.24, 2.45) is 5.92 Å². The fourth-order valence-electron chi connectivity index (χ4n) is 2.63. The second-order valence-electron chi connectivity index (χ2n) is 5.34. The van der Waals surface area contributed by atoms with Crippen LogP contribution in [0.1, 0.15) is 35.2 Å². The monoisotopic (exact) mass is 279 g/mol. The highest BCUT2D eigenvalue weighted by Crippen LogP contribution is 2.22. The highest BCUT2D eigenvalue weighted by atomic mass is 19.1. The van der Waals surface area contributed by atoms with Crippen molar-refractivity contribution in [1.82, 2.24) is 4.90 Å². The first-order valence-electron chi connectivity index (χ1n) is 6.74. The molecule has 4 nitrogen and oxygen atoms in total. The maximum Gasteiger partial charge on any atom is 0.303 e. The number of carboxylic acids is 1. The van der Waals surface area contributed by atoms with E-state index in [-0.39, 0.29) is 23.8 Å². The Morgan fingerprint density at radius 3 is 2.85 bits per heavy atom. The highest BCUT2D eigenvalue weighted by molar-refractivity contribution is 5.94. The maximum atomic E-state index is 13.8. The molecule has 0 saturated carbocycles. The van der Waals surface area contributed by atoms with Crippen molar-refractivity contribution in [2.75, 3.05) is 13.1 Å². The number of benzene rings is 1. The van der Waals surface area contributed by atoms with Crippen molar-refractivity contribution in [1.29, 1.82) is 0 Å². The van der Waals surface area contributed by atoms with Crippen LogP contribution < -0.4 is 0 Å². The Morgan fingerprint density at radius 1 is 1.45 bits per heavy atom. The van der Waals surface area contributed by atoms with E-state index >= 15 is 0 Å². The summed E-state index contributed by atoms with van der Waals surface area (Å²) in [5, 5.41) is 8.82. The zero-order valence-electron chi connectivity index (χ0n) is 11.4. The van der Waals surface area contributed by atoms with Crippen molar-refractivity contribution >= 4 is 11.9 Å². The van der Waals surface area contributed by atoms with E-state index in [1.807, 2.05) is 0 Å². The average Bonchev–Trinajstić information content (AvgIpc) is 2.37. The summed E-state index contributed by atoms with van der Waals surface area (Å²) in [6.07, 6.45) is 1.61. The second kappa shape index (κ2) is 6.03. The van der Waals surface area contributed by atoms with Crippen molar-refractivity contribution in [3.8, 4) is 0 Å². The minimum Gasteiger partial charge on any atom is -0.481 e. The molecule has 1 aromatic rings. The van der Waals surface area contributed by atoms with Gasteiger partial charge in [-0.2, -0.15) is 0 Å². The van der Waals surface area contributed by atoms with Crippen LogP contribution in [0.4, 0.5) is 4.39 Å². The minimum absolute atomic E-state index is 0.0429. The standard InChI is InChI=1S/C15H18FNO3/c1-10-4-5-12(13(16)7-10)15(20)17-6-2-3-11(9-17)8-14(18)19/h4-5,7,11H,2-3,6,8-9H2,1H3,(H,18,19). The van der Waals surface area contributed by atoms with E-state index in [0.29, 0.717) is 13.1 Å². The Hall–Kier alpha value is -1.91. The largest absolute Gasteiger partial charge is 0.481 e. The van der Waals surface area contributed by atoms with Gasteiger partial charge in [0, 0.05) is 19.5 Å². The van der Waals surface area contributed by atoms with Gasteiger partial charge in [-0.1, -0.05) is 6.07 Å². The number of carbonyl (C=O) groups excluding carboxylic acids is 1. The number of piperidine rings is 1. The third kappa shape index (κ3) is 3.35. The number of likely N-dealkylation sites (tertiary alicyclic amines) is 1. The van der Waals surface area contributed by atoms with Gasteiger partial charge in [-0.3, -0.25) is 9.59 Å². The van der Waals surface area contributed by atoms with Crippen molar-refractivity contribution in [3.63, 3.8) is 0 Å². The van der Waals surface area contributed by atoms with Gasteiger partial charge in [0.2, 0.25) is 0 Å². The number of nitrogens with zero attached hydrogens (tertiary/aromatic N) is 1. The summed E-state index contributed by atoms with van der Waals surface area (Å²) in [6, 6.07) is 4.54. The van der Waals surface area contributed by atoms with Gasteiger partial charge < -0.3 is 10.0 Å². The van der Waals surface area contributed by atoms with E-state index in [2.05, 4.69) is 0 Å². The molecule has 108 valence electrons. The predicted octanol–water partition coefficient (Wildman–Crippen LogP) is 2.46. The number of amides is 1. The Morgan fingerprint density at radius 2 is 2.20 bits per heavy atom. The summed E-state index contributed by atoms with van der Waals surface area (Å²) in [5.74, 6) is -1.77. The van der Waals surface area contributed by atoms with Gasteiger partial charge in [0.15, 0.2) is 0 Å². The molecular weight excluding hydrogens is 261 g/mol. The van der Waals surface area contributed by atoms with Gasteiger partial charge in [-0.05, 0) is 43.4 Å².